The van der Waals surface area contributed by atoms with Crippen LogP contribution in [-0.2, 0) is 20.7 Å². The fraction of sp³-hybridized carbons (Fsp3) is 0.515. The molecule has 0 bridgehead atoms. The highest BCUT2D eigenvalue weighted by molar-refractivity contribution is 5.86. The van der Waals surface area contributed by atoms with Gasteiger partial charge in [-0.15, -0.1) is 0 Å². The van der Waals surface area contributed by atoms with Crippen LogP contribution in [0, 0.1) is 18.8 Å². The molecule has 0 saturated heterocycles. The Kier molecular flexibility index (Phi) is 8.57. The van der Waals surface area contributed by atoms with E-state index in [1.54, 1.807) is 0 Å². The lowest BCUT2D eigenvalue weighted by atomic mass is 9.81. The molecule has 3 aromatic rings. The zero-order chi connectivity index (χ0) is 30.0. The van der Waals surface area contributed by atoms with Crippen molar-refractivity contribution in [2.75, 3.05) is 6.54 Å². The molecule has 0 spiro atoms. The molecule has 9 heteroatoms. The van der Waals surface area contributed by atoms with Crippen molar-refractivity contribution < 1.29 is 24.2 Å². The van der Waals surface area contributed by atoms with Gasteiger partial charge in [0.05, 0.1) is 11.0 Å². The summed E-state index contributed by atoms with van der Waals surface area (Å²) in [6.45, 7) is 8.06. The summed E-state index contributed by atoms with van der Waals surface area (Å²) in [5.41, 5.74) is 5.61. The molecule has 0 radical (unpaired) electrons. The van der Waals surface area contributed by atoms with Crippen molar-refractivity contribution in [1.29, 1.82) is 0 Å². The normalized spacial score (nSPS) is 19.7. The smallest absolute Gasteiger partial charge is 0.407 e. The van der Waals surface area contributed by atoms with Crippen molar-refractivity contribution in [3.8, 4) is 11.1 Å². The van der Waals surface area contributed by atoms with Crippen molar-refractivity contribution in [1.82, 2.24) is 20.6 Å². The average Bonchev–Trinajstić information content (AvgIpc) is 3.70. The molecule has 4 N–H and O–H groups in total. The van der Waals surface area contributed by atoms with Gasteiger partial charge in [0.2, 0.25) is 5.91 Å². The Morgan fingerprint density at radius 1 is 1.05 bits per heavy atom. The van der Waals surface area contributed by atoms with E-state index < -0.39 is 23.7 Å². The highest BCUT2D eigenvalue weighted by Crippen LogP contribution is 2.39. The Hall–Kier alpha value is -3.88. The van der Waals surface area contributed by atoms with E-state index >= 15 is 0 Å². The second-order valence-corrected chi connectivity index (χ2v) is 13.0. The number of nitrogens with zero attached hydrogens (tertiary/aromatic N) is 1. The number of carboxylic acids is 1. The molecule has 2 aliphatic rings. The first-order chi connectivity index (χ1) is 19.9. The highest BCUT2D eigenvalue weighted by atomic mass is 16.6. The Morgan fingerprint density at radius 2 is 1.74 bits per heavy atom. The fourth-order valence-electron chi connectivity index (χ4n) is 5.76. The standard InChI is InChI=1S/C33H42N4O5/c1-19-15-26-27(36-29(35-26)23-13-14-23)17-25(19)22-9-5-20(6-10-22)16-28(31(39)40)37-30(38)24-11-7-21(8-12-24)18-34-32(41)42-33(2,3)4/h5-6,9-10,15,17,21,23-24,28H,7-8,11-14,16,18H2,1-4H3,(H,34,41)(H,35,36)(H,37,38)(H,39,40). The number of benzene rings is 2. The molecule has 2 amide bonds. The van der Waals surface area contributed by atoms with Crippen LogP contribution in [0.3, 0.4) is 0 Å². The number of aromatic nitrogens is 2. The number of H-pyrrole nitrogens is 1. The first-order valence-electron chi connectivity index (χ1n) is 15.0. The summed E-state index contributed by atoms with van der Waals surface area (Å²) in [4.78, 5) is 45.2. The van der Waals surface area contributed by atoms with Crippen molar-refractivity contribution in [2.45, 2.75) is 90.2 Å². The summed E-state index contributed by atoms with van der Waals surface area (Å²) >= 11 is 0. The highest BCUT2D eigenvalue weighted by Gasteiger charge is 2.30. The SMILES string of the molecule is Cc1cc2[nH]c(C3CC3)nc2cc1-c1ccc(CC(NC(=O)C2CCC(CNC(=O)OC(C)(C)C)CC2)C(=O)O)cc1. The maximum atomic E-state index is 13.0. The fourth-order valence-corrected chi connectivity index (χ4v) is 5.76. The van der Waals surface area contributed by atoms with Gasteiger partial charge in [-0.05, 0) is 107 Å². The second-order valence-electron chi connectivity index (χ2n) is 13.0. The van der Waals surface area contributed by atoms with Gasteiger partial charge < -0.3 is 25.5 Å². The number of aliphatic carboxylic acids is 1. The molecule has 2 aromatic carbocycles. The summed E-state index contributed by atoms with van der Waals surface area (Å²) in [7, 11) is 0. The van der Waals surface area contributed by atoms with E-state index in [0.717, 1.165) is 52.0 Å². The number of nitrogens with one attached hydrogen (secondary N) is 3. The molecule has 0 aliphatic heterocycles. The van der Waals surface area contributed by atoms with Crippen LogP contribution in [0.5, 0.6) is 0 Å². The predicted octanol–water partition coefficient (Wildman–Crippen LogP) is 5.86. The number of alkyl carbamates (subject to hydrolysis) is 1. The third-order valence-electron chi connectivity index (χ3n) is 8.28. The number of imidazole rings is 1. The Morgan fingerprint density at radius 3 is 2.36 bits per heavy atom. The maximum Gasteiger partial charge on any atom is 0.407 e. The minimum Gasteiger partial charge on any atom is -0.480 e. The van der Waals surface area contributed by atoms with Gasteiger partial charge in [-0.1, -0.05) is 24.3 Å². The number of aryl methyl sites for hydroxylation is 1. The van der Waals surface area contributed by atoms with E-state index in [2.05, 4.69) is 34.7 Å². The molecule has 42 heavy (non-hydrogen) atoms. The van der Waals surface area contributed by atoms with Crippen LogP contribution in [0.1, 0.15) is 82.2 Å². The van der Waals surface area contributed by atoms with E-state index in [-0.39, 0.29) is 24.2 Å². The molecular weight excluding hydrogens is 532 g/mol. The van der Waals surface area contributed by atoms with E-state index in [1.807, 2.05) is 45.0 Å². The van der Waals surface area contributed by atoms with E-state index in [9.17, 15) is 19.5 Å². The number of carbonyl (C=O) groups excluding carboxylic acids is 2. The maximum absolute atomic E-state index is 13.0. The van der Waals surface area contributed by atoms with Gasteiger partial charge in [0.15, 0.2) is 0 Å². The van der Waals surface area contributed by atoms with Gasteiger partial charge >= 0.3 is 12.1 Å². The quantitative estimate of drug-likeness (QED) is 0.253. The molecule has 9 nitrogen and oxygen atoms in total. The van der Waals surface area contributed by atoms with Crippen LogP contribution >= 0.6 is 0 Å². The lowest BCUT2D eigenvalue weighted by Gasteiger charge is -2.29. The summed E-state index contributed by atoms with van der Waals surface area (Å²) < 4.78 is 5.29. The largest absolute Gasteiger partial charge is 0.480 e. The lowest BCUT2D eigenvalue weighted by Crippen LogP contribution is -2.46. The molecule has 2 aliphatic carbocycles. The number of hydrogen-bond acceptors (Lipinski definition) is 5. The lowest BCUT2D eigenvalue weighted by molar-refractivity contribution is -0.142. The first-order valence-corrected chi connectivity index (χ1v) is 15.0. The zero-order valence-corrected chi connectivity index (χ0v) is 25.0. The number of ether oxygens (including phenoxy) is 1. The Labute approximate surface area is 246 Å². The van der Waals surface area contributed by atoms with Crippen LogP contribution in [0.15, 0.2) is 36.4 Å². The number of hydrogen-bond donors (Lipinski definition) is 4. The summed E-state index contributed by atoms with van der Waals surface area (Å²) in [6, 6.07) is 11.1. The molecule has 2 saturated carbocycles. The molecule has 2 fully saturated rings. The second kappa shape index (κ2) is 12.2. The molecular formula is C33H42N4O5. The summed E-state index contributed by atoms with van der Waals surface area (Å²) in [6.07, 6.45) is 5.07. The molecule has 1 atom stereocenters. The zero-order valence-electron chi connectivity index (χ0n) is 25.0. The van der Waals surface area contributed by atoms with Gasteiger partial charge in [0, 0.05) is 24.8 Å². The molecule has 5 rings (SSSR count). The Bertz CT molecular complexity index is 1440. The summed E-state index contributed by atoms with van der Waals surface area (Å²) in [5.74, 6) is 0.411. The van der Waals surface area contributed by atoms with E-state index in [1.165, 1.54) is 12.8 Å². The minimum atomic E-state index is -1.05. The van der Waals surface area contributed by atoms with Crippen LogP contribution < -0.4 is 10.6 Å². The number of rotatable bonds is 9. The average molecular weight is 575 g/mol. The number of carbonyl (C=O) groups is 3. The third-order valence-corrected chi connectivity index (χ3v) is 8.28. The number of amides is 2. The van der Waals surface area contributed by atoms with Crippen LogP contribution in [0.2, 0.25) is 0 Å². The van der Waals surface area contributed by atoms with Crippen LogP contribution in [0.4, 0.5) is 4.79 Å². The van der Waals surface area contributed by atoms with Crippen LogP contribution in [0.25, 0.3) is 22.2 Å². The Balaban J connectivity index is 1.14. The molecule has 1 aromatic heterocycles. The van der Waals surface area contributed by atoms with Crippen molar-refractivity contribution in [3.63, 3.8) is 0 Å². The molecule has 224 valence electrons. The van der Waals surface area contributed by atoms with Crippen molar-refractivity contribution in [3.05, 3.63) is 53.3 Å². The predicted molar refractivity (Wildman–Crippen MR) is 161 cm³/mol. The molecule has 1 heterocycles. The van der Waals surface area contributed by atoms with Gasteiger partial charge in [-0.2, -0.15) is 0 Å². The number of fused-ring (bicyclic) bond motifs is 1. The van der Waals surface area contributed by atoms with Gasteiger partial charge in [0.25, 0.3) is 0 Å². The topological polar surface area (TPSA) is 133 Å². The first kappa shape index (κ1) is 29.6. The monoisotopic (exact) mass is 574 g/mol. The summed E-state index contributed by atoms with van der Waals surface area (Å²) in [5, 5.41) is 15.5. The van der Waals surface area contributed by atoms with Crippen molar-refractivity contribution in [2.24, 2.45) is 11.8 Å². The van der Waals surface area contributed by atoms with Gasteiger partial charge in [0.1, 0.15) is 17.5 Å². The minimum absolute atomic E-state index is 0.207. The van der Waals surface area contributed by atoms with E-state index in [4.69, 9.17) is 9.72 Å². The van der Waals surface area contributed by atoms with Crippen molar-refractivity contribution >= 4 is 29.0 Å². The molecule has 1 unspecified atom stereocenters. The third kappa shape index (κ3) is 7.49. The number of aromatic amines is 1. The van der Waals surface area contributed by atoms with Gasteiger partial charge in [-0.25, -0.2) is 14.6 Å². The number of carboxylic acid groups (broad SMARTS) is 1. The van der Waals surface area contributed by atoms with Gasteiger partial charge in [-0.3, -0.25) is 4.79 Å². The van der Waals surface area contributed by atoms with Crippen LogP contribution in [-0.4, -0.2) is 51.2 Å². The van der Waals surface area contributed by atoms with E-state index in [0.29, 0.717) is 25.3 Å².